The monoisotopic (exact) mass is 412 g/mol. The van der Waals surface area contributed by atoms with Crippen LogP contribution in [0.3, 0.4) is 0 Å². The van der Waals surface area contributed by atoms with Crippen LogP contribution in [0.25, 0.3) is 0 Å². The van der Waals surface area contributed by atoms with Gasteiger partial charge in [-0.1, -0.05) is 40.2 Å². The van der Waals surface area contributed by atoms with Gasteiger partial charge in [0.25, 0.3) is 0 Å². The minimum absolute atomic E-state index is 0.0761. The van der Waals surface area contributed by atoms with Crippen LogP contribution in [0.2, 0.25) is 0 Å². The molecule has 0 heterocycles. The fourth-order valence-corrected chi connectivity index (χ4v) is 3.28. The summed E-state index contributed by atoms with van der Waals surface area (Å²) < 4.78 is 12.2. The van der Waals surface area contributed by atoms with Crippen molar-refractivity contribution in [3.63, 3.8) is 0 Å². The number of ether oxygens (including phenoxy) is 2. The lowest BCUT2D eigenvalue weighted by atomic mass is 10.0. The molecule has 0 aliphatic rings. The second-order valence-electron chi connectivity index (χ2n) is 4.46. The molecule has 0 spiro atoms. The van der Waals surface area contributed by atoms with Crippen LogP contribution in [0.4, 0.5) is 0 Å². The first-order valence-corrected chi connectivity index (χ1v) is 8.66. The molecule has 2 aromatic rings. The number of para-hydroxylation sites is 1. The van der Waals surface area contributed by atoms with E-state index < -0.39 is 0 Å². The number of alkyl halides is 1. The molecular formula is C17H18Br2O2. The van der Waals surface area contributed by atoms with Crippen LogP contribution >= 0.6 is 31.9 Å². The zero-order valence-corrected chi connectivity index (χ0v) is 15.3. The second-order valence-corrected chi connectivity index (χ2v) is 6.23. The van der Waals surface area contributed by atoms with Gasteiger partial charge in [-0.3, -0.25) is 0 Å². The maximum absolute atomic E-state index is 5.71. The van der Waals surface area contributed by atoms with Crippen molar-refractivity contribution in [2.75, 3.05) is 13.2 Å². The molecule has 2 aromatic carbocycles. The third-order valence-corrected chi connectivity index (χ3v) is 4.68. The fourth-order valence-electron chi connectivity index (χ4n) is 2.10. The van der Waals surface area contributed by atoms with Gasteiger partial charge in [0.05, 0.1) is 22.5 Å². The zero-order chi connectivity index (χ0) is 15.2. The molecule has 21 heavy (non-hydrogen) atoms. The Hall–Kier alpha value is -1.00. The molecule has 0 radical (unpaired) electrons. The van der Waals surface area contributed by atoms with Gasteiger partial charge in [0.15, 0.2) is 0 Å². The van der Waals surface area contributed by atoms with Gasteiger partial charge in [0.1, 0.15) is 11.5 Å². The van der Waals surface area contributed by atoms with E-state index in [0.717, 1.165) is 27.1 Å². The lowest BCUT2D eigenvalue weighted by molar-refractivity contribution is 0.337. The third kappa shape index (κ3) is 4.01. The van der Waals surface area contributed by atoms with Crippen LogP contribution in [-0.4, -0.2) is 13.2 Å². The molecule has 0 aliphatic heterocycles. The summed E-state index contributed by atoms with van der Waals surface area (Å²) >= 11 is 7.33. The van der Waals surface area contributed by atoms with Gasteiger partial charge < -0.3 is 9.47 Å². The number of hydrogen-bond acceptors (Lipinski definition) is 2. The van der Waals surface area contributed by atoms with Crippen molar-refractivity contribution in [2.45, 2.75) is 18.7 Å². The molecule has 112 valence electrons. The van der Waals surface area contributed by atoms with Crippen molar-refractivity contribution in [3.05, 3.63) is 58.1 Å². The standard InChI is InChI=1S/C17H18Br2O2/c1-3-20-15-8-6-5-7-13(15)17(19)12-9-10-16(21-4-2)14(18)11-12/h5-11,17H,3-4H2,1-2H3. The average molecular weight is 414 g/mol. The lowest BCUT2D eigenvalue weighted by Crippen LogP contribution is -2.00. The maximum atomic E-state index is 5.71. The van der Waals surface area contributed by atoms with Crippen molar-refractivity contribution in [1.82, 2.24) is 0 Å². The number of hydrogen-bond donors (Lipinski definition) is 0. The molecule has 1 atom stereocenters. The first-order chi connectivity index (χ1) is 10.2. The van der Waals surface area contributed by atoms with Gasteiger partial charge >= 0.3 is 0 Å². The SMILES string of the molecule is CCOc1ccc(C(Br)c2ccccc2OCC)cc1Br. The highest BCUT2D eigenvalue weighted by molar-refractivity contribution is 9.10. The van der Waals surface area contributed by atoms with E-state index in [0.29, 0.717) is 13.2 Å². The zero-order valence-electron chi connectivity index (χ0n) is 12.1. The first kappa shape index (κ1) is 16.4. The van der Waals surface area contributed by atoms with Crippen molar-refractivity contribution >= 4 is 31.9 Å². The molecular weight excluding hydrogens is 396 g/mol. The predicted octanol–water partition coefficient (Wildman–Crippen LogP) is 5.73. The van der Waals surface area contributed by atoms with Gasteiger partial charge in [-0.2, -0.15) is 0 Å². The highest BCUT2D eigenvalue weighted by atomic mass is 79.9. The van der Waals surface area contributed by atoms with E-state index in [2.05, 4.69) is 50.1 Å². The van der Waals surface area contributed by atoms with E-state index in [-0.39, 0.29) is 4.83 Å². The molecule has 2 nitrogen and oxygen atoms in total. The summed E-state index contributed by atoms with van der Waals surface area (Å²) in [5.74, 6) is 1.77. The summed E-state index contributed by atoms with van der Waals surface area (Å²) in [5, 5.41) is 0. The Balaban J connectivity index is 2.31. The molecule has 4 heteroatoms. The Morgan fingerprint density at radius 1 is 0.952 bits per heavy atom. The van der Waals surface area contributed by atoms with Gasteiger partial charge in [-0.05, 0) is 53.5 Å². The first-order valence-electron chi connectivity index (χ1n) is 6.95. The van der Waals surface area contributed by atoms with Crippen molar-refractivity contribution in [1.29, 1.82) is 0 Å². The van der Waals surface area contributed by atoms with E-state index in [1.54, 1.807) is 0 Å². The van der Waals surface area contributed by atoms with E-state index in [1.807, 2.05) is 38.1 Å². The van der Waals surface area contributed by atoms with Crippen LogP contribution in [0.15, 0.2) is 46.9 Å². The molecule has 2 rings (SSSR count). The van der Waals surface area contributed by atoms with E-state index >= 15 is 0 Å². The van der Waals surface area contributed by atoms with Crippen LogP contribution in [0, 0.1) is 0 Å². The molecule has 0 aromatic heterocycles. The topological polar surface area (TPSA) is 18.5 Å². The summed E-state index contributed by atoms with van der Waals surface area (Å²) in [6, 6.07) is 14.2. The van der Waals surface area contributed by atoms with Crippen molar-refractivity contribution in [2.24, 2.45) is 0 Å². The van der Waals surface area contributed by atoms with E-state index in [1.165, 1.54) is 0 Å². The van der Waals surface area contributed by atoms with E-state index in [4.69, 9.17) is 9.47 Å². The minimum Gasteiger partial charge on any atom is -0.494 e. The van der Waals surface area contributed by atoms with Crippen LogP contribution in [-0.2, 0) is 0 Å². The van der Waals surface area contributed by atoms with Crippen LogP contribution in [0.1, 0.15) is 29.8 Å². The van der Waals surface area contributed by atoms with Crippen LogP contribution < -0.4 is 9.47 Å². The van der Waals surface area contributed by atoms with Crippen LogP contribution in [0.5, 0.6) is 11.5 Å². The summed E-state index contributed by atoms with van der Waals surface area (Å²) in [6.45, 7) is 5.28. The number of rotatable bonds is 6. The Morgan fingerprint density at radius 2 is 1.62 bits per heavy atom. The van der Waals surface area contributed by atoms with Crippen molar-refractivity contribution < 1.29 is 9.47 Å². The van der Waals surface area contributed by atoms with Gasteiger partial charge in [0, 0.05) is 5.56 Å². The Morgan fingerprint density at radius 3 is 2.29 bits per heavy atom. The van der Waals surface area contributed by atoms with Gasteiger partial charge in [0.2, 0.25) is 0 Å². The molecule has 0 fully saturated rings. The highest BCUT2D eigenvalue weighted by Gasteiger charge is 2.16. The highest BCUT2D eigenvalue weighted by Crippen LogP contribution is 2.39. The molecule has 0 amide bonds. The Bertz CT molecular complexity index is 599. The van der Waals surface area contributed by atoms with Crippen molar-refractivity contribution in [3.8, 4) is 11.5 Å². The molecule has 0 saturated heterocycles. The molecule has 0 saturated carbocycles. The summed E-state index contributed by atoms with van der Waals surface area (Å²) in [6.07, 6.45) is 0. The summed E-state index contributed by atoms with van der Waals surface area (Å²) in [4.78, 5) is 0.0761. The normalized spacial score (nSPS) is 12.0. The number of benzene rings is 2. The van der Waals surface area contributed by atoms with E-state index in [9.17, 15) is 0 Å². The summed E-state index contributed by atoms with van der Waals surface area (Å²) in [7, 11) is 0. The van der Waals surface area contributed by atoms with Gasteiger partial charge in [-0.25, -0.2) is 0 Å². The number of halogens is 2. The average Bonchev–Trinajstić information content (AvgIpc) is 2.50. The molecule has 1 unspecified atom stereocenters. The molecule has 0 bridgehead atoms. The summed E-state index contributed by atoms with van der Waals surface area (Å²) in [5.41, 5.74) is 2.27. The maximum Gasteiger partial charge on any atom is 0.133 e. The Kier molecular flexibility index (Phi) is 6.12. The largest absolute Gasteiger partial charge is 0.494 e. The molecule has 0 N–H and O–H groups in total. The van der Waals surface area contributed by atoms with Gasteiger partial charge in [-0.15, -0.1) is 0 Å². The molecule has 0 aliphatic carbocycles. The minimum atomic E-state index is 0.0761. The quantitative estimate of drug-likeness (QED) is 0.563. The second kappa shape index (κ2) is 7.85. The smallest absolute Gasteiger partial charge is 0.133 e. The fraction of sp³-hybridized carbons (Fsp3) is 0.294. The third-order valence-electron chi connectivity index (χ3n) is 3.04. The predicted molar refractivity (Wildman–Crippen MR) is 93.7 cm³/mol. The lowest BCUT2D eigenvalue weighted by Gasteiger charge is -2.16. The Labute approximate surface area is 142 Å².